The number of hydrogen-bond acceptors (Lipinski definition) is 4. The third-order valence-electron chi connectivity index (χ3n) is 1.69. The summed E-state index contributed by atoms with van der Waals surface area (Å²) in [5, 5.41) is 8.20. The molecule has 0 aliphatic carbocycles. The number of rotatable bonds is 3. The second-order valence-corrected chi connectivity index (χ2v) is 2.65. The first-order chi connectivity index (χ1) is 6.75. The lowest BCUT2D eigenvalue weighted by atomic mass is 10.1. The van der Waals surface area contributed by atoms with Crippen molar-refractivity contribution in [1.29, 1.82) is 5.26 Å². The molecule has 0 aromatic heterocycles. The molecule has 0 unspecified atom stereocenters. The Balaban J connectivity index is 0.00000196. The fourth-order valence-electron chi connectivity index (χ4n) is 0.990. The van der Waals surface area contributed by atoms with Crippen molar-refractivity contribution in [2.45, 2.75) is 6.04 Å². The van der Waals surface area contributed by atoms with Gasteiger partial charge in [0.05, 0.1) is 0 Å². The van der Waals surface area contributed by atoms with Gasteiger partial charge in [0.1, 0.15) is 12.1 Å². The van der Waals surface area contributed by atoms with Gasteiger partial charge in [0.25, 0.3) is 0 Å². The van der Waals surface area contributed by atoms with E-state index in [1.807, 2.05) is 6.07 Å². The summed E-state index contributed by atoms with van der Waals surface area (Å²) in [6, 6.07) is 9.76. The summed E-state index contributed by atoms with van der Waals surface area (Å²) in [6.07, 6.45) is 0. The predicted molar refractivity (Wildman–Crippen MR) is 57.2 cm³/mol. The number of halogens is 1. The average molecular weight is 227 g/mol. The quantitative estimate of drug-likeness (QED) is 0.785. The minimum atomic E-state index is -0.815. The van der Waals surface area contributed by atoms with Gasteiger partial charge in [0.2, 0.25) is 0 Å². The zero-order valence-electron chi connectivity index (χ0n) is 7.92. The van der Waals surface area contributed by atoms with Crippen LogP contribution < -0.4 is 5.73 Å². The molecule has 15 heavy (non-hydrogen) atoms. The first-order valence-corrected chi connectivity index (χ1v) is 4.10. The molecule has 0 bridgehead atoms. The number of benzene rings is 1. The van der Waals surface area contributed by atoms with E-state index in [1.54, 1.807) is 30.3 Å². The topological polar surface area (TPSA) is 76.1 Å². The van der Waals surface area contributed by atoms with E-state index < -0.39 is 12.0 Å². The molecule has 0 fully saturated rings. The van der Waals surface area contributed by atoms with E-state index in [0.717, 1.165) is 0 Å². The van der Waals surface area contributed by atoms with Crippen molar-refractivity contribution in [3.63, 3.8) is 0 Å². The Labute approximate surface area is 94.1 Å². The number of carbonyl (C=O) groups excluding carboxylic acids is 1. The number of nitriles is 1. The van der Waals surface area contributed by atoms with Crippen LogP contribution in [0.1, 0.15) is 11.6 Å². The maximum absolute atomic E-state index is 11.2. The van der Waals surface area contributed by atoms with E-state index in [0.29, 0.717) is 5.56 Å². The highest BCUT2D eigenvalue weighted by Crippen LogP contribution is 2.10. The molecular formula is C10H11ClN2O2. The van der Waals surface area contributed by atoms with Crippen molar-refractivity contribution in [3.05, 3.63) is 35.9 Å². The lowest BCUT2D eigenvalue weighted by Crippen LogP contribution is -2.23. The molecule has 1 atom stereocenters. The van der Waals surface area contributed by atoms with Gasteiger partial charge in [-0.3, -0.25) is 0 Å². The van der Waals surface area contributed by atoms with E-state index in [2.05, 4.69) is 4.74 Å². The molecule has 0 spiro atoms. The van der Waals surface area contributed by atoms with E-state index in [4.69, 9.17) is 11.0 Å². The van der Waals surface area contributed by atoms with Crippen molar-refractivity contribution in [3.8, 4) is 6.07 Å². The Morgan fingerprint density at radius 1 is 1.47 bits per heavy atom. The van der Waals surface area contributed by atoms with Crippen LogP contribution in [0.25, 0.3) is 0 Å². The maximum Gasteiger partial charge on any atom is 0.328 e. The van der Waals surface area contributed by atoms with Crippen LogP contribution in [0.15, 0.2) is 30.3 Å². The first-order valence-electron chi connectivity index (χ1n) is 4.10. The fourth-order valence-corrected chi connectivity index (χ4v) is 0.990. The summed E-state index contributed by atoms with van der Waals surface area (Å²) < 4.78 is 4.58. The summed E-state index contributed by atoms with van der Waals surface area (Å²) in [5.41, 5.74) is 6.27. The van der Waals surface area contributed by atoms with Crippen LogP contribution in [-0.2, 0) is 9.53 Å². The smallest absolute Gasteiger partial charge is 0.328 e. The van der Waals surface area contributed by atoms with Gasteiger partial charge in [-0.05, 0) is 5.56 Å². The first kappa shape index (κ1) is 13.4. The van der Waals surface area contributed by atoms with Gasteiger partial charge in [-0.2, -0.15) is 5.26 Å². The number of hydrogen-bond donors (Lipinski definition) is 1. The highest BCUT2D eigenvalue weighted by atomic mass is 35.5. The van der Waals surface area contributed by atoms with Crippen molar-refractivity contribution in [2.75, 3.05) is 6.61 Å². The van der Waals surface area contributed by atoms with Gasteiger partial charge >= 0.3 is 5.97 Å². The number of esters is 1. The van der Waals surface area contributed by atoms with E-state index in [9.17, 15) is 4.79 Å². The number of nitrogens with two attached hydrogens (primary N) is 1. The van der Waals surface area contributed by atoms with Gasteiger partial charge in [-0.15, -0.1) is 12.4 Å². The second kappa shape index (κ2) is 6.82. The normalized spacial score (nSPS) is 10.7. The molecule has 0 radical (unpaired) electrons. The number of ether oxygens (including phenoxy) is 1. The summed E-state index contributed by atoms with van der Waals surface area (Å²) in [5.74, 6) is -0.585. The summed E-state index contributed by atoms with van der Waals surface area (Å²) in [4.78, 5) is 11.2. The van der Waals surface area contributed by atoms with Gasteiger partial charge in [0.15, 0.2) is 6.61 Å². The molecule has 1 aromatic rings. The average Bonchev–Trinajstić information content (AvgIpc) is 2.26. The lowest BCUT2D eigenvalue weighted by molar-refractivity contribution is -0.143. The monoisotopic (exact) mass is 226 g/mol. The van der Waals surface area contributed by atoms with Crippen LogP contribution >= 0.6 is 12.4 Å². The zero-order valence-corrected chi connectivity index (χ0v) is 8.74. The molecule has 1 aromatic carbocycles. The molecule has 0 aliphatic heterocycles. The third-order valence-corrected chi connectivity index (χ3v) is 1.69. The minimum Gasteiger partial charge on any atom is -0.449 e. The van der Waals surface area contributed by atoms with Crippen LogP contribution in [0.5, 0.6) is 0 Å². The van der Waals surface area contributed by atoms with Crippen molar-refractivity contribution in [1.82, 2.24) is 0 Å². The van der Waals surface area contributed by atoms with Crippen molar-refractivity contribution in [2.24, 2.45) is 5.73 Å². The van der Waals surface area contributed by atoms with Gasteiger partial charge < -0.3 is 10.5 Å². The molecule has 80 valence electrons. The molecule has 0 amide bonds. The van der Waals surface area contributed by atoms with Crippen LogP contribution in [0.2, 0.25) is 0 Å². The zero-order chi connectivity index (χ0) is 10.4. The minimum absolute atomic E-state index is 0. The Bertz CT molecular complexity index is 348. The van der Waals surface area contributed by atoms with Crippen LogP contribution in [-0.4, -0.2) is 12.6 Å². The molecule has 0 saturated heterocycles. The summed E-state index contributed by atoms with van der Waals surface area (Å²) >= 11 is 0. The van der Waals surface area contributed by atoms with Crippen molar-refractivity contribution < 1.29 is 9.53 Å². The van der Waals surface area contributed by atoms with Gasteiger partial charge in [-0.1, -0.05) is 30.3 Å². The molecule has 2 N–H and O–H groups in total. The van der Waals surface area contributed by atoms with Gasteiger partial charge in [0, 0.05) is 0 Å². The summed E-state index contributed by atoms with van der Waals surface area (Å²) in [6.45, 7) is -0.265. The lowest BCUT2D eigenvalue weighted by Gasteiger charge is -2.09. The molecule has 5 heteroatoms. The predicted octanol–water partition coefficient (Wildman–Crippen LogP) is 1.17. The number of nitrogens with zero attached hydrogens (tertiary/aromatic N) is 1. The Morgan fingerprint density at radius 2 is 2.07 bits per heavy atom. The Hall–Kier alpha value is -1.57. The van der Waals surface area contributed by atoms with Crippen molar-refractivity contribution >= 4 is 18.4 Å². The molecule has 1 rings (SSSR count). The summed E-state index contributed by atoms with van der Waals surface area (Å²) in [7, 11) is 0. The van der Waals surface area contributed by atoms with Crippen LogP contribution in [0.4, 0.5) is 0 Å². The van der Waals surface area contributed by atoms with Gasteiger partial charge in [-0.25, -0.2) is 4.79 Å². The van der Waals surface area contributed by atoms with E-state index >= 15 is 0 Å². The molecule has 4 nitrogen and oxygen atoms in total. The van der Waals surface area contributed by atoms with E-state index in [1.165, 1.54) is 0 Å². The second-order valence-electron chi connectivity index (χ2n) is 2.65. The standard InChI is InChI=1S/C10H10N2O2.ClH/c11-6-7-14-10(13)9(12)8-4-2-1-3-5-8;/h1-5,9H,7,12H2;1H/t9-;/m0./s1. The fraction of sp³-hybridized carbons (Fsp3) is 0.200. The number of carbonyl (C=O) groups is 1. The molecule has 0 aliphatic rings. The third kappa shape index (κ3) is 3.98. The maximum atomic E-state index is 11.2. The van der Waals surface area contributed by atoms with E-state index in [-0.39, 0.29) is 19.0 Å². The largest absolute Gasteiger partial charge is 0.449 e. The molecule has 0 heterocycles. The molecular weight excluding hydrogens is 216 g/mol. The SMILES string of the molecule is Cl.N#CCOC(=O)[C@@H](N)c1ccccc1. The van der Waals surface area contributed by atoms with Crippen LogP contribution in [0.3, 0.4) is 0 Å². The Kier molecular flexibility index (Phi) is 6.11. The van der Waals surface area contributed by atoms with Crippen LogP contribution in [0, 0.1) is 11.3 Å². The highest BCUT2D eigenvalue weighted by Gasteiger charge is 2.16. The molecule has 0 saturated carbocycles. The highest BCUT2D eigenvalue weighted by molar-refractivity contribution is 5.85. The Morgan fingerprint density at radius 3 is 2.60 bits per heavy atom.